The molecule has 1 saturated heterocycles. The van der Waals surface area contributed by atoms with Crippen LogP contribution in [0.2, 0.25) is 5.02 Å². The van der Waals surface area contributed by atoms with Crippen LogP contribution in [0, 0.1) is 19.8 Å². The van der Waals surface area contributed by atoms with Gasteiger partial charge in [-0.3, -0.25) is 14.3 Å². The molecule has 2 heterocycles. The second kappa shape index (κ2) is 8.10. The second-order valence-electron chi connectivity index (χ2n) is 6.40. The topological polar surface area (TPSA) is 75.4 Å². The van der Waals surface area contributed by atoms with Crippen LogP contribution in [0.4, 0.5) is 0 Å². The Morgan fingerprint density at radius 3 is 2.50 bits per heavy atom. The van der Waals surface area contributed by atoms with Crippen molar-refractivity contribution in [1.82, 2.24) is 14.7 Å². The van der Waals surface area contributed by atoms with E-state index in [1.54, 1.807) is 9.58 Å². The van der Waals surface area contributed by atoms with Crippen LogP contribution in [0.25, 0.3) is 0 Å². The number of nitrogens with zero attached hydrogens (tertiary/aromatic N) is 3. The normalized spacial score (nSPS) is 16.4. The van der Waals surface area contributed by atoms with E-state index < -0.39 is 11.9 Å². The molecule has 8 heteroatoms. The van der Waals surface area contributed by atoms with E-state index in [1.807, 2.05) is 38.1 Å². The second-order valence-corrected chi connectivity index (χ2v) is 6.84. The molecule has 0 bridgehead atoms. The Morgan fingerprint density at radius 2 is 1.92 bits per heavy atom. The highest BCUT2D eigenvalue weighted by molar-refractivity contribution is 6.30. The van der Waals surface area contributed by atoms with E-state index in [9.17, 15) is 9.59 Å². The van der Waals surface area contributed by atoms with E-state index in [4.69, 9.17) is 16.7 Å². The summed E-state index contributed by atoms with van der Waals surface area (Å²) >= 11 is 5.91. The number of aromatic nitrogens is 2. The molecule has 0 aliphatic carbocycles. The Bertz CT molecular complexity index is 818. The van der Waals surface area contributed by atoms with Gasteiger partial charge >= 0.3 is 5.97 Å². The summed E-state index contributed by atoms with van der Waals surface area (Å²) in [5.74, 6) is -1.46. The number of aliphatic carboxylic acids is 1. The molecule has 1 amide bonds. The Kier molecular flexibility index (Phi) is 6.31. The molecule has 1 aromatic heterocycles. The van der Waals surface area contributed by atoms with Gasteiger partial charge in [-0.15, -0.1) is 12.4 Å². The molecule has 1 aliphatic heterocycles. The summed E-state index contributed by atoms with van der Waals surface area (Å²) in [7, 11) is 0. The van der Waals surface area contributed by atoms with Crippen LogP contribution >= 0.6 is 24.0 Å². The van der Waals surface area contributed by atoms with Gasteiger partial charge in [-0.1, -0.05) is 23.7 Å². The number of carboxylic acid groups (broad SMARTS) is 1. The standard InChI is InChI=1S/C18H20ClN3O3.ClH/c1-11-16(17(23)21-8-7-14(10-21)18(24)25)12(2)22(20-11)9-13-3-5-15(19)6-4-13;/h3-6,14H,7-10H2,1-2H3,(H,24,25);1H. The average molecular weight is 398 g/mol. The van der Waals surface area contributed by atoms with Gasteiger partial charge in [0.25, 0.3) is 5.91 Å². The highest BCUT2D eigenvalue weighted by Gasteiger charge is 2.33. The smallest absolute Gasteiger partial charge is 0.308 e. The molecule has 1 aliphatic rings. The van der Waals surface area contributed by atoms with Gasteiger partial charge in [0, 0.05) is 23.8 Å². The molecule has 140 valence electrons. The van der Waals surface area contributed by atoms with Crippen molar-refractivity contribution in [2.45, 2.75) is 26.8 Å². The Hall–Kier alpha value is -2.05. The van der Waals surface area contributed by atoms with Gasteiger partial charge in [-0.2, -0.15) is 5.10 Å². The van der Waals surface area contributed by atoms with Gasteiger partial charge in [0.1, 0.15) is 0 Å². The maximum atomic E-state index is 12.8. The minimum atomic E-state index is -0.845. The lowest BCUT2D eigenvalue weighted by molar-refractivity contribution is -0.141. The summed E-state index contributed by atoms with van der Waals surface area (Å²) in [6.07, 6.45) is 0.498. The maximum Gasteiger partial charge on any atom is 0.308 e. The first-order valence-corrected chi connectivity index (χ1v) is 8.55. The Labute approximate surface area is 163 Å². The third-order valence-corrected chi connectivity index (χ3v) is 4.92. The predicted molar refractivity (Wildman–Crippen MR) is 101 cm³/mol. The van der Waals surface area contributed by atoms with Crippen molar-refractivity contribution < 1.29 is 14.7 Å². The summed E-state index contributed by atoms with van der Waals surface area (Å²) < 4.78 is 1.80. The fourth-order valence-electron chi connectivity index (χ4n) is 3.23. The number of hydrogen-bond acceptors (Lipinski definition) is 3. The summed E-state index contributed by atoms with van der Waals surface area (Å²) in [5, 5.41) is 14.3. The molecule has 1 fully saturated rings. The largest absolute Gasteiger partial charge is 0.481 e. The lowest BCUT2D eigenvalue weighted by atomic mass is 10.1. The van der Waals surface area contributed by atoms with Crippen LogP contribution in [0.5, 0.6) is 0 Å². The van der Waals surface area contributed by atoms with Crippen molar-refractivity contribution >= 4 is 35.9 Å². The van der Waals surface area contributed by atoms with Crippen molar-refractivity contribution in [1.29, 1.82) is 0 Å². The minimum absolute atomic E-state index is 0. The molecule has 1 atom stereocenters. The van der Waals surface area contributed by atoms with Gasteiger partial charge in [-0.25, -0.2) is 0 Å². The highest BCUT2D eigenvalue weighted by atomic mass is 35.5. The highest BCUT2D eigenvalue weighted by Crippen LogP contribution is 2.23. The van der Waals surface area contributed by atoms with Crippen LogP contribution in [-0.4, -0.2) is 44.8 Å². The zero-order valence-electron chi connectivity index (χ0n) is 14.6. The molecular weight excluding hydrogens is 377 g/mol. The number of carbonyl (C=O) groups is 2. The lowest BCUT2D eigenvalue weighted by Crippen LogP contribution is -2.30. The van der Waals surface area contributed by atoms with Crippen LogP contribution in [0.15, 0.2) is 24.3 Å². The van der Waals surface area contributed by atoms with Crippen molar-refractivity contribution in [2.75, 3.05) is 13.1 Å². The van der Waals surface area contributed by atoms with E-state index in [-0.39, 0.29) is 24.9 Å². The summed E-state index contributed by atoms with van der Waals surface area (Å²) in [6, 6.07) is 7.51. The molecule has 1 unspecified atom stereocenters. The number of rotatable bonds is 4. The van der Waals surface area contributed by atoms with Gasteiger partial charge in [0.2, 0.25) is 0 Å². The van der Waals surface area contributed by atoms with Crippen molar-refractivity contribution in [3.63, 3.8) is 0 Å². The molecule has 26 heavy (non-hydrogen) atoms. The summed E-state index contributed by atoms with van der Waals surface area (Å²) in [6.45, 7) is 4.96. The predicted octanol–water partition coefficient (Wildman–Crippen LogP) is 3.17. The number of likely N-dealkylation sites (tertiary alicyclic amines) is 1. The fourth-order valence-corrected chi connectivity index (χ4v) is 3.35. The number of amides is 1. The minimum Gasteiger partial charge on any atom is -0.481 e. The average Bonchev–Trinajstić information content (AvgIpc) is 3.15. The van der Waals surface area contributed by atoms with Crippen molar-refractivity contribution in [3.05, 3.63) is 51.8 Å². The molecule has 1 aromatic carbocycles. The first-order chi connectivity index (χ1) is 11.9. The third-order valence-electron chi connectivity index (χ3n) is 4.67. The molecular formula is C18H21Cl2N3O3. The van der Waals surface area contributed by atoms with Crippen LogP contribution in [0.3, 0.4) is 0 Å². The Morgan fingerprint density at radius 1 is 1.27 bits per heavy atom. The number of halogens is 2. The van der Waals surface area contributed by atoms with Gasteiger partial charge in [0.05, 0.1) is 23.7 Å². The lowest BCUT2D eigenvalue weighted by Gasteiger charge is -2.16. The summed E-state index contributed by atoms with van der Waals surface area (Å²) in [5.41, 5.74) is 3.06. The summed E-state index contributed by atoms with van der Waals surface area (Å²) in [4.78, 5) is 25.6. The van der Waals surface area contributed by atoms with Crippen LogP contribution < -0.4 is 0 Å². The maximum absolute atomic E-state index is 12.8. The monoisotopic (exact) mass is 397 g/mol. The molecule has 0 saturated carbocycles. The van der Waals surface area contributed by atoms with Gasteiger partial charge in [-0.05, 0) is 38.0 Å². The van der Waals surface area contributed by atoms with E-state index in [0.717, 1.165) is 11.3 Å². The number of hydrogen-bond donors (Lipinski definition) is 1. The van der Waals surface area contributed by atoms with Crippen molar-refractivity contribution in [3.8, 4) is 0 Å². The molecule has 3 rings (SSSR count). The molecule has 1 N–H and O–H groups in total. The third kappa shape index (κ3) is 4.02. The zero-order chi connectivity index (χ0) is 18.1. The van der Waals surface area contributed by atoms with Gasteiger partial charge in [0.15, 0.2) is 0 Å². The SMILES string of the molecule is Cc1nn(Cc2ccc(Cl)cc2)c(C)c1C(=O)N1CCC(C(=O)O)C1.Cl. The quantitative estimate of drug-likeness (QED) is 0.859. The molecule has 0 radical (unpaired) electrons. The first kappa shape index (κ1) is 20.3. The van der Waals surface area contributed by atoms with E-state index in [0.29, 0.717) is 35.8 Å². The number of carboxylic acids is 1. The van der Waals surface area contributed by atoms with Gasteiger partial charge < -0.3 is 10.0 Å². The number of carbonyl (C=O) groups excluding carboxylic acids is 1. The Balaban J connectivity index is 0.00000243. The van der Waals surface area contributed by atoms with E-state index in [1.165, 1.54) is 0 Å². The fraction of sp³-hybridized carbons (Fsp3) is 0.389. The van der Waals surface area contributed by atoms with E-state index >= 15 is 0 Å². The molecule has 2 aromatic rings. The van der Waals surface area contributed by atoms with Crippen LogP contribution in [-0.2, 0) is 11.3 Å². The van der Waals surface area contributed by atoms with Crippen LogP contribution in [0.1, 0.15) is 33.7 Å². The molecule has 6 nitrogen and oxygen atoms in total. The first-order valence-electron chi connectivity index (χ1n) is 8.17. The zero-order valence-corrected chi connectivity index (χ0v) is 16.2. The number of aryl methyl sites for hydroxylation is 1. The van der Waals surface area contributed by atoms with E-state index in [2.05, 4.69) is 5.10 Å². The molecule has 0 spiro atoms. The van der Waals surface area contributed by atoms with Crippen molar-refractivity contribution in [2.24, 2.45) is 5.92 Å². The number of benzene rings is 1.